The van der Waals surface area contributed by atoms with Gasteiger partial charge in [-0.05, 0) is 87.2 Å². The van der Waals surface area contributed by atoms with Gasteiger partial charge in [0.1, 0.15) is 17.1 Å². The van der Waals surface area contributed by atoms with Crippen LogP contribution in [0.25, 0.3) is 39.6 Å². The maximum atomic E-state index is 12.8. The summed E-state index contributed by atoms with van der Waals surface area (Å²) in [6.45, 7) is 5.60. The minimum absolute atomic E-state index is 0. The Kier molecular flexibility index (Phi) is 7.46. The average molecular weight is 607 g/mol. The number of nitroso groups, excluding NO2 is 1. The zero-order chi connectivity index (χ0) is 30.5. The van der Waals surface area contributed by atoms with Gasteiger partial charge in [-0.15, -0.1) is 4.91 Å². The highest BCUT2D eigenvalue weighted by atomic mass is 16.6. The van der Waals surface area contributed by atoms with E-state index in [-0.39, 0.29) is 8.33 Å². The van der Waals surface area contributed by atoms with Crippen LogP contribution in [0.15, 0.2) is 96.3 Å². The van der Waals surface area contributed by atoms with Gasteiger partial charge in [0.2, 0.25) is 0 Å². The van der Waals surface area contributed by atoms with Gasteiger partial charge in [0.25, 0.3) is 0 Å². The number of benzene rings is 3. The zero-order valence-corrected chi connectivity index (χ0v) is 25.3. The Labute approximate surface area is 263 Å². The third-order valence-corrected chi connectivity index (χ3v) is 8.23. The van der Waals surface area contributed by atoms with Crippen LogP contribution in [0.2, 0.25) is 0 Å². The van der Waals surface area contributed by atoms with Crippen molar-refractivity contribution in [2.24, 2.45) is 5.18 Å². The molecule has 1 amide bonds. The summed E-state index contributed by atoms with van der Waals surface area (Å²) in [5.74, 6) is 1.49. The molecule has 5 aromatic rings. The first-order chi connectivity index (χ1) is 21.2. The molecular weight excluding hydrogens is 568 g/mol. The largest absolute Gasteiger partial charge is 0.444 e. The van der Waals surface area contributed by atoms with E-state index in [1.54, 1.807) is 18.3 Å². The molecule has 7 rings (SSSR count). The van der Waals surface area contributed by atoms with Gasteiger partial charge in [0, 0.05) is 25.7 Å². The fourth-order valence-corrected chi connectivity index (χ4v) is 6.03. The monoisotopic (exact) mass is 606 g/mol. The number of hydrogen-bond acceptors (Lipinski definition) is 7. The van der Waals surface area contributed by atoms with Crippen molar-refractivity contribution in [3.63, 3.8) is 0 Å². The van der Waals surface area contributed by atoms with Gasteiger partial charge in [0.05, 0.1) is 28.3 Å². The van der Waals surface area contributed by atoms with Crippen LogP contribution in [0.4, 0.5) is 22.0 Å². The van der Waals surface area contributed by atoms with Crippen LogP contribution < -0.4 is 10.6 Å². The van der Waals surface area contributed by atoms with Crippen LogP contribution >= 0.6 is 0 Å². The van der Waals surface area contributed by atoms with Crippen LogP contribution in [0.3, 0.4) is 0 Å². The number of imidazole rings is 1. The van der Waals surface area contributed by atoms with E-state index in [0.29, 0.717) is 5.69 Å². The summed E-state index contributed by atoms with van der Waals surface area (Å²) in [5.41, 5.74) is 6.51. The Morgan fingerprint density at radius 2 is 1.69 bits per heavy atom. The second-order valence-corrected chi connectivity index (χ2v) is 12.3. The molecule has 0 saturated heterocycles. The highest BCUT2D eigenvalue weighted by Crippen LogP contribution is 2.46. The fraction of sp³-hybridized carbons (Fsp3) is 0.229. The van der Waals surface area contributed by atoms with Crippen LogP contribution in [-0.2, 0) is 10.3 Å². The summed E-state index contributed by atoms with van der Waals surface area (Å²) in [4.78, 5) is 33.9. The number of rotatable bonds is 5. The number of nitrogens with one attached hydrogen (secondary N) is 2. The van der Waals surface area contributed by atoms with Crippen molar-refractivity contribution in [1.82, 2.24) is 19.9 Å². The molecule has 1 fully saturated rings. The number of alkyl carbamates (subject to hydrolysis) is 1. The summed E-state index contributed by atoms with van der Waals surface area (Å²) in [6.07, 6.45) is 4.08. The molecule has 1 saturated carbocycles. The molecule has 0 atom stereocenters. The van der Waals surface area contributed by atoms with Crippen molar-refractivity contribution in [2.45, 2.75) is 51.2 Å². The van der Waals surface area contributed by atoms with Crippen molar-refractivity contribution in [2.75, 3.05) is 5.32 Å². The number of fused-ring (bicyclic) bond motifs is 5. The van der Waals surface area contributed by atoms with E-state index in [1.165, 1.54) is 0 Å². The van der Waals surface area contributed by atoms with Gasteiger partial charge < -0.3 is 20.8 Å². The Balaban J connectivity index is 0.00000167. The van der Waals surface area contributed by atoms with Crippen LogP contribution in [0.5, 0.6) is 0 Å². The van der Waals surface area contributed by atoms with Gasteiger partial charge in [0.15, 0.2) is 5.82 Å². The quantitative estimate of drug-likeness (QED) is 0.189. The number of nitrogens with zero attached hydrogens (tertiary/aromatic N) is 4. The van der Waals surface area contributed by atoms with E-state index in [0.717, 1.165) is 75.9 Å². The topological polar surface area (TPSA) is 142 Å². The van der Waals surface area contributed by atoms with Crippen molar-refractivity contribution in [3.8, 4) is 39.6 Å². The summed E-state index contributed by atoms with van der Waals surface area (Å²) in [5, 5.41) is 9.73. The smallest absolute Gasteiger partial charge is 0.408 e. The molecular formula is C35H38N6O4. The van der Waals surface area contributed by atoms with Gasteiger partial charge in [-0.1, -0.05) is 48.5 Å². The van der Waals surface area contributed by atoms with E-state index in [1.807, 2.05) is 69.3 Å². The predicted molar refractivity (Wildman–Crippen MR) is 179 cm³/mol. The molecule has 3 aromatic carbocycles. The number of hydrogen-bond donors (Lipinski definition) is 2. The molecule has 3 heterocycles. The lowest BCUT2D eigenvalue weighted by Gasteiger charge is -2.43. The average Bonchev–Trinajstić information content (AvgIpc) is 3.33. The maximum absolute atomic E-state index is 12.8. The molecule has 2 aliphatic rings. The molecule has 10 nitrogen and oxygen atoms in total. The first-order valence-electron chi connectivity index (χ1n) is 14.8. The number of pyridine rings is 1. The molecule has 4 N–H and O–H groups in total. The Morgan fingerprint density at radius 3 is 2.36 bits per heavy atom. The number of aromatic nitrogens is 3. The second kappa shape index (κ2) is 11.3. The standard InChI is InChI=1S/C35H32N6O3.H2O.2H2/c1-34(2,3)44-33(42)39-35(19-7-20-35)24-15-11-23(12-16-24)30-29(22-13-17-25(40-43)18-14-22)38-32-26-8-4-5-9-27(26)37-31-28(41(30)32)10-6-21-36-31;;;/h4-6,8-18,21H,7,19-20H2,1-3H3,(H,36,37)(H,39,42);1H2;2*1H. The predicted octanol–water partition coefficient (Wildman–Crippen LogP) is 8.29. The Hall–Kier alpha value is -5.35. The van der Waals surface area contributed by atoms with E-state index < -0.39 is 17.2 Å². The second-order valence-electron chi connectivity index (χ2n) is 12.3. The third kappa shape index (κ3) is 5.33. The number of ether oxygens (including phenoxy) is 1. The van der Waals surface area contributed by atoms with E-state index in [9.17, 15) is 9.70 Å². The molecule has 1 aliphatic carbocycles. The first kappa shape index (κ1) is 29.7. The van der Waals surface area contributed by atoms with Crippen LogP contribution in [0.1, 0.15) is 48.5 Å². The Bertz CT molecular complexity index is 1900. The molecule has 1 aliphatic heterocycles. The highest BCUT2D eigenvalue weighted by Gasteiger charge is 2.41. The minimum atomic E-state index is -0.576. The molecule has 0 bridgehead atoms. The summed E-state index contributed by atoms with van der Waals surface area (Å²) < 4.78 is 7.74. The van der Waals surface area contributed by atoms with Gasteiger partial charge in [-0.25, -0.2) is 14.8 Å². The molecule has 10 heteroatoms. The molecule has 2 aromatic heterocycles. The summed E-state index contributed by atoms with van der Waals surface area (Å²) >= 11 is 0. The van der Waals surface area contributed by atoms with Crippen LogP contribution in [0, 0.1) is 4.91 Å². The molecule has 0 unspecified atom stereocenters. The van der Waals surface area contributed by atoms with Gasteiger partial charge in [-0.3, -0.25) is 4.57 Å². The fourth-order valence-electron chi connectivity index (χ4n) is 6.03. The molecule has 0 spiro atoms. The van der Waals surface area contributed by atoms with Gasteiger partial charge >= 0.3 is 6.09 Å². The number of para-hydroxylation sites is 1. The van der Waals surface area contributed by atoms with Crippen molar-refractivity contribution in [1.29, 1.82) is 0 Å². The number of carbonyl (C=O) groups is 1. The van der Waals surface area contributed by atoms with E-state index in [4.69, 9.17) is 9.72 Å². The van der Waals surface area contributed by atoms with E-state index in [2.05, 4.69) is 49.6 Å². The lowest BCUT2D eigenvalue weighted by atomic mass is 9.71. The molecule has 0 radical (unpaired) electrons. The lowest BCUT2D eigenvalue weighted by Crippen LogP contribution is -2.52. The van der Waals surface area contributed by atoms with Crippen molar-refractivity contribution < 1.29 is 17.9 Å². The highest BCUT2D eigenvalue weighted by molar-refractivity contribution is 5.91. The minimum Gasteiger partial charge on any atom is -0.444 e. The first-order valence-corrected chi connectivity index (χ1v) is 14.8. The number of anilines is 2. The van der Waals surface area contributed by atoms with Crippen molar-refractivity contribution >= 4 is 23.3 Å². The number of carbonyl (C=O) groups excluding carboxylic acids is 1. The third-order valence-electron chi connectivity index (χ3n) is 8.23. The lowest BCUT2D eigenvalue weighted by molar-refractivity contribution is 0.0377. The molecule has 232 valence electrons. The summed E-state index contributed by atoms with van der Waals surface area (Å²) in [6, 6.07) is 27.5. The number of amides is 1. The van der Waals surface area contributed by atoms with Crippen LogP contribution in [-0.4, -0.2) is 31.7 Å². The summed E-state index contributed by atoms with van der Waals surface area (Å²) in [7, 11) is 0. The maximum Gasteiger partial charge on any atom is 0.408 e. The Morgan fingerprint density at radius 1 is 0.978 bits per heavy atom. The SMILES string of the molecule is CC(C)(C)OC(=O)NC1(c2ccc(-c3c(-c4ccc(N=O)cc4)nc4n3-c3cccnc3Nc3ccccc3-4)cc2)CCC1.O.[HH].[HH]. The van der Waals surface area contributed by atoms with Crippen molar-refractivity contribution in [3.05, 3.63) is 102 Å². The zero-order valence-electron chi connectivity index (χ0n) is 25.3. The van der Waals surface area contributed by atoms with E-state index >= 15 is 0 Å². The normalized spacial score (nSPS) is 14.2. The van der Waals surface area contributed by atoms with Gasteiger partial charge in [-0.2, -0.15) is 0 Å². The molecule has 45 heavy (non-hydrogen) atoms.